The van der Waals surface area contributed by atoms with Crippen LogP contribution in [0.5, 0.6) is 5.75 Å². The average molecular weight is 261 g/mol. The van der Waals surface area contributed by atoms with Crippen LogP contribution in [0.15, 0.2) is 12.1 Å². The van der Waals surface area contributed by atoms with Gasteiger partial charge in [0.25, 0.3) is 0 Å². The third-order valence-electron chi connectivity index (χ3n) is 1.97. The number of halogens is 3. The fourth-order valence-corrected chi connectivity index (χ4v) is 1.21. The summed E-state index contributed by atoms with van der Waals surface area (Å²) in [5.41, 5.74) is -1.01. The number of nitrogens with zero attached hydrogens (tertiary/aromatic N) is 1. The molecule has 96 valence electrons. The molecule has 0 radical (unpaired) electrons. The van der Waals surface area contributed by atoms with Crippen molar-refractivity contribution in [3.8, 4) is 11.8 Å². The van der Waals surface area contributed by atoms with Gasteiger partial charge in [0, 0.05) is 5.56 Å². The number of carbonyl (C=O) groups is 1. The summed E-state index contributed by atoms with van der Waals surface area (Å²) >= 11 is 0. The van der Waals surface area contributed by atoms with E-state index >= 15 is 0 Å². The number of carboxylic acids is 1. The van der Waals surface area contributed by atoms with Gasteiger partial charge in [-0.1, -0.05) is 0 Å². The summed E-state index contributed by atoms with van der Waals surface area (Å²) in [7, 11) is 0. The number of carboxylic acid groups (broad SMARTS) is 1. The van der Waals surface area contributed by atoms with Crippen LogP contribution in [0, 0.1) is 17.1 Å². The quantitative estimate of drug-likeness (QED) is 0.855. The average Bonchev–Trinajstić information content (AvgIpc) is 2.29. The van der Waals surface area contributed by atoms with E-state index in [1.807, 2.05) is 0 Å². The molecule has 0 fully saturated rings. The minimum Gasteiger partial charge on any atom is -0.479 e. The van der Waals surface area contributed by atoms with Gasteiger partial charge in [-0.2, -0.15) is 14.0 Å². The summed E-state index contributed by atoms with van der Waals surface area (Å²) in [4.78, 5) is 10.5. The molecule has 0 aliphatic heterocycles. The van der Waals surface area contributed by atoms with E-state index in [0.29, 0.717) is 12.1 Å². The summed E-state index contributed by atoms with van der Waals surface area (Å²) in [6, 6.07) is 2.51. The second-order valence-electron chi connectivity index (χ2n) is 3.10. The summed E-state index contributed by atoms with van der Waals surface area (Å²) in [6.45, 7) is -3.32. The number of aliphatic hydroxyl groups excluding tert-OH is 1. The maximum atomic E-state index is 13.2. The van der Waals surface area contributed by atoms with E-state index in [4.69, 9.17) is 10.4 Å². The molecule has 0 spiro atoms. The van der Waals surface area contributed by atoms with Crippen LogP contribution in [-0.4, -0.2) is 22.8 Å². The second kappa shape index (κ2) is 5.37. The molecule has 1 unspecified atom stereocenters. The Bertz CT molecular complexity index is 513. The van der Waals surface area contributed by atoms with Crippen molar-refractivity contribution in [1.29, 1.82) is 5.26 Å². The van der Waals surface area contributed by atoms with Gasteiger partial charge in [-0.15, -0.1) is 0 Å². The van der Waals surface area contributed by atoms with Crippen molar-refractivity contribution in [2.45, 2.75) is 12.7 Å². The highest BCUT2D eigenvalue weighted by atomic mass is 19.3. The molecule has 5 nitrogen and oxygen atoms in total. The molecule has 0 saturated carbocycles. The molecule has 0 aliphatic rings. The Morgan fingerprint density at radius 1 is 1.44 bits per heavy atom. The van der Waals surface area contributed by atoms with Gasteiger partial charge < -0.3 is 14.9 Å². The van der Waals surface area contributed by atoms with E-state index in [0.717, 1.165) is 0 Å². The van der Waals surface area contributed by atoms with Crippen molar-refractivity contribution in [2.24, 2.45) is 0 Å². The fourth-order valence-electron chi connectivity index (χ4n) is 1.21. The Kier molecular flexibility index (Phi) is 4.12. The van der Waals surface area contributed by atoms with Crippen molar-refractivity contribution in [2.75, 3.05) is 0 Å². The number of benzene rings is 1. The zero-order chi connectivity index (χ0) is 13.9. The summed E-state index contributed by atoms with van der Waals surface area (Å²) in [6.07, 6.45) is -2.14. The highest BCUT2D eigenvalue weighted by molar-refractivity contribution is 5.75. The molecule has 2 N–H and O–H groups in total. The highest BCUT2D eigenvalue weighted by Gasteiger charge is 2.23. The Labute approximate surface area is 98.6 Å². The summed E-state index contributed by atoms with van der Waals surface area (Å²) in [5, 5.41) is 26.4. The summed E-state index contributed by atoms with van der Waals surface area (Å²) in [5.74, 6) is -3.91. The Morgan fingerprint density at radius 3 is 2.50 bits per heavy atom. The van der Waals surface area contributed by atoms with Gasteiger partial charge in [0.1, 0.15) is 0 Å². The minimum atomic E-state index is -3.32. The van der Waals surface area contributed by atoms with Crippen molar-refractivity contribution < 1.29 is 32.9 Å². The van der Waals surface area contributed by atoms with E-state index in [1.54, 1.807) is 0 Å². The van der Waals surface area contributed by atoms with Gasteiger partial charge in [-0.3, -0.25) is 0 Å². The number of nitriles is 1. The molecule has 0 amide bonds. The first-order chi connectivity index (χ1) is 8.36. The first kappa shape index (κ1) is 13.8. The van der Waals surface area contributed by atoms with Crippen molar-refractivity contribution >= 4 is 5.97 Å². The minimum absolute atomic E-state index is 0.482. The smallest absolute Gasteiger partial charge is 0.387 e. The highest BCUT2D eigenvalue weighted by Crippen LogP contribution is 2.27. The van der Waals surface area contributed by atoms with Crippen LogP contribution in [0.4, 0.5) is 13.2 Å². The number of alkyl halides is 2. The maximum Gasteiger partial charge on any atom is 0.387 e. The summed E-state index contributed by atoms with van der Waals surface area (Å²) < 4.78 is 40.9. The van der Waals surface area contributed by atoms with Gasteiger partial charge >= 0.3 is 12.6 Å². The van der Waals surface area contributed by atoms with E-state index in [2.05, 4.69) is 4.74 Å². The molecule has 1 atom stereocenters. The van der Waals surface area contributed by atoms with Crippen molar-refractivity contribution in [3.05, 3.63) is 29.1 Å². The molecule has 1 rings (SSSR count). The lowest BCUT2D eigenvalue weighted by Crippen LogP contribution is -2.13. The van der Waals surface area contributed by atoms with E-state index < -0.39 is 41.4 Å². The Morgan fingerprint density at radius 2 is 2.06 bits per heavy atom. The molecule has 0 saturated heterocycles. The number of aliphatic hydroxyl groups is 1. The van der Waals surface area contributed by atoms with Gasteiger partial charge in [0.2, 0.25) is 0 Å². The van der Waals surface area contributed by atoms with E-state index in [1.165, 1.54) is 6.07 Å². The second-order valence-corrected chi connectivity index (χ2v) is 3.10. The zero-order valence-corrected chi connectivity index (χ0v) is 8.60. The first-order valence-corrected chi connectivity index (χ1v) is 4.46. The van der Waals surface area contributed by atoms with Crippen LogP contribution in [0.2, 0.25) is 0 Å². The van der Waals surface area contributed by atoms with Gasteiger partial charge in [-0.25, -0.2) is 9.18 Å². The Balaban J connectivity index is 3.31. The number of hydrogen-bond acceptors (Lipinski definition) is 4. The number of hydrogen-bond donors (Lipinski definition) is 2. The standard InChI is InChI=1S/C10H6F3NO4/c11-6-1-4(3-14)5(8(15)9(16)17)2-7(6)18-10(12)13/h1-2,8,10,15H,(H,16,17). The Hall–Kier alpha value is -2.27. The molecule has 0 heterocycles. The van der Waals surface area contributed by atoms with Gasteiger partial charge in [0.05, 0.1) is 11.6 Å². The van der Waals surface area contributed by atoms with Gasteiger partial charge in [-0.05, 0) is 12.1 Å². The molecule has 1 aromatic carbocycles. The lowest BCUT2D eigenvalue weighted by atomic mass is 10.0. The van der Waals surface area contributed by atoms with Crippen LogP contribution in [0.3, 0.4) is 0 Å². The fraction of sp³-hybridized carbons (Fsp3) is 0.200. The first-order valence-electron chi connectivity index (χ1n) is 4.46. The van der Waals surface area contributed by atoms with Crippen LogP contribution in [0.1, 0.15) is 17.2 Å². The molecule has 1 aromatic rings. The maximum absolute atomic E-state index is 13.2. The third kappa shape index (κ3) is 2.89. The van der Waals surface area contributed by atoms with Crippen LogP contribution in [0.25, 0.3) is 0 Å². The van der Waals surface area contributed by atoms with E-state index in [-0.39, 0.29) is 0 Å². The number of rotatable bonds is 4. The predicted octanol–water partition coefficient (Wildman–Crippen LogP) is 1.42. The van der Waals surface area contributed by atoms with E-state index in [9.17, 15) is 23.1 Å². The van der Waals surface area contributed by atoms with Crippen molar-refractivity contribution in [1.82, 2.24) is 0 Å². The molecular weight excluding hydrogens is 255 g/mol. The lowest BCUT2D eigenvalue weighted by Gasteiger charge is -2.11. The zero-order valence-electron chi connectivity index (χ0n) is 8.60. The lowest BCUT2D eigenvalue weighted by molar-refractivity contribution is -0.146. The molecule has 0 aromatic heterocycles. The molecule has 0 aliphatic carbocycles. The van der Waals surface area contributed by atoms with Crippen LogP contribution >= 0.6 is 0 Å². The largest absolute Gasteiger partial charge is 0.479 e. The van der Waals surface area contributed by atoms with Crippen LogP contribution < -0.4 is 4.74 Å². The monoisotopic (exact) mass is 261 g/mol. The van der Waals surface area contributed by atoms with Crippen molar-refractivity contribution in [3.63, 3.8) is 0 Å². The topological polar surface area (TPSA) is 90.5 Å². The van der Waals surface area contributed by atoms with Crippen LogP contribution in [-0.2, 0) is 4.79 Å². The van der Waals surface area contributed by atoms with Gasteiger partial charge in [0.15, 0.2) is 17.7 Å². The SMILES string of the molecule is N#Cc1cc(F)c(OC(F)F)cc1C(O)C(=O)O. The number of aliphatic carboxylic acids is 1. The molecule has 18 heavy (non-hydrogen) atoms. The third-order valence-corrected chi connectivity index (χ3v) is 1.97. The normalized spacial score (nSPS) is 12.0. The number of ether oxygens (including phenoxy) is 1. The molecule has 0 bridgehead atoms. The molecule has 8 heteroatoms. The molecular formula is C10H6F3NO4. The predicted molar refractivity (Wildman–Crippen MR) is 50.3 cm³/mol.